The van der Waals surface area contributed by atoms with Gasteiger partial charge in [0.2, 0.25) is 0 Å². The summed E-state index contributed by atoms with van der Waals surface area (Å²) >= 11 is 0. The van der Waals surface area contributed by atoms with E-state index in [1.807, 2.05) is 0 Å². The first-order valence-corrected chi connectivity index (χ1v) is 2.38. The van der Waals surface area contributed by atoms with E-state index in [9.17, 15) is 4.79 Å². The molecule has 4 nitrogen and oxygen atoms in total. The maximum absolute atomic E-state index is 9.86. The van der Waals surface area contributed by atoms with E-state index in [2.05, 4.69) is 4.74 Å². The molecule has 0 aliphatic carbocycles. The zero-order chi connectivity index (χ0) is 7.28. The van der Waals surface area contributed by atoms with E-state index in [4.69, 9.17) is 10.8 Å². The normalized spacial score (nSPS) is 11.0. The van der Waals surface area contributed by atoms with E-state index >= 15 is 0 Å². The summed E-state index contributed by atoms with van der Waals surface area (Å²) in [7, 11) is 1.38. The number of methoxy groups -OCH3 is 1. The molecule has 9 heavy (non-hydrogen) atoms. The number of carbonyl (C=O) groups is 1. The van der Waals surface area contributed by atoms with Gasteiger partial charge in [0.1, 0.15) is 0 Å². The fourth-order valence-electron chi connectivity index (χ4n) is 0.271. The van der Waals surface area contributed by atoms with Gasteiger partial charge in [-0.3, -0.25) is 4.79 Å². The molecule has 0 radical (unpaired) electrons. The summed E-state index contributed by atoms with van der Waals surface area (Å²) in [5, 5.41) is 8.10. The highest BCUT2D eigenvalue weighted by Crippen LogP contribution is 1.87. The monoisotopic (exact) mass is 131 g/mol. The van der Waals surface area contributed by atoms with E-state index in [0.29, 0.717) is 0 Å². The second-order valence-electron chi connectivity index (χ2n) is 1.41. The van der Waals surface area contributed by atoms with Crippen LogP contribution in [-0.2, 0) is 9.53 Å². The third kappa shape index (κ3) is 4.67. The Morgan fingerprint density at radius 3 is 2.78 bits per heavy atom. The average molecular weight is 131 g/mol. The minimum absolute atomic E-state index is 0.0975. The van der Waals surface area contributed by atoms with Crippen LogP contribution >= 0.6 is 0 Å². The highest BCUT2D eigenvalue weighted by molar-refractivity contribution is 5.68. The van der Waals surface area contributed by atoms with Gasteiger partial charge >= 0.3 is 5.97 Å². The van der Waals surface area contributed by atoms with Gasteiger partial charge in [-0.25, -0.2) is 0 Å². The van der Waals surface area contributed by atoms with Crippen LogP contribution in [0.2, 0.25) is 0 Å². The van der Waals surface area contributed by atoms with E-state index in [1.165, 1.54) is 13.2 Å². The van der Waals surface area contributed by atoms with Crippen LogP contribution in [0, 0.1) is 0 Å². The lowest BCUT2D eigenvalue weighted by molar-refractivity contribution is -0.136. The third-order valence-electron chi connectivity index (χ3n) is 0.714. The number of ether oxygens (including phenoxy) is 1. The summed E-state index contributed by atoms with van der Waals surface area (Å²) in [6, 6.07) is 0. The van der Waals surface area contributed by atoms with Crippen LogP contribution in [0.5, 0.6) is 0 Å². The van der Waals surface area contributed by atoms with Crippen molar-refractivity contribution in [1.29, 1.82) is 0 Å². The summed E-state index contributed by atoms with van der Waals surface area (Å²) in [6.45, 7) is 0. The first kappa shape index (κ1) is 7.81. The molecule has 0 aromatic rings. The summed E-state index contributed by atoms with van der Waals surface area (Å²) in [6.07, 6.45) is 1.20. The standard InChI is InChI=1S/C5H9NO3/c1-9-4(6)2-3-5(7)8/h2H,3,6H2,1H3,(H,7,8). The molecular weight excluding hydrogens is 122 g/mol. The fraction of sp³-hybridized carbons (Fsp3) is 0.400. The molecular formula is C5H9NO3. The number of hydrogen-bond donors (Lipinski definition) is 2. The van der Waals surface area contributed by atoms with Crippen LogP contribution in [0.3, 0.4) is 0 Å². The third-order valence-corrected chi connectivity index (χ3v) is 0.714. The molecule has 0 saturated carbocycles. The Morgan fingerprint density at radius 1 is 1.89 bits per heavy atom. The van der Waals surface area contributed by atoms with Gasteiger partial charge in [0.05, 0.1) is 13.5 Å². The van der Waals surface area contributed by atoms with E-state index < -0.39 is 5.97 Å². The lowest BCUT2D eigenvalue weighted by Crippen LogP contribution is -2.01. The highest BCUT2D eigenvalue weighted by atomic mass is 16.5. The number of rotatable bonds is 3. The van der Waals surface area contributed by atoms with Gasteiger partial charge in [0, 0.05) is 0 Å². The predicted molar refractivity (Wildman–Crippen MR) is 31.5 cm³/mol. The van der Waals surface area contributed by atoms with Crippen molar-refractivity contribution in [3.8, 4) is 0 Å². The van der Waals surface area contributed by atoms with Crippen molar-refractivity contribution in [2.75, 3.05) is 7.11 Å². The fourth-order valence-corrected chi connectivity index (χ4v) is 0.271. The largest absolute Gasteiger partial charge is 0.483 e. The maximum Gasteiger partial charge on any atom is 0.307 e. The molecule has 0 fully saturated rings. The molecule has 4 heteroatoms. The molecule has 0 saturated heterocycles. The first-order valence-electron chi connectivity index (χ1n) is 2.38. The van der Waals surface area contributed by atoms with E-state index in [0.717, 1.165) is 0 Å². The van der Waals surface area contributed by atoms with Crippen molar-refractivity contribution in [2.24, 2.45) is 5.73 Å². The number of carboxylic acids is 1. The number of hydrogen-bond acceptors (Lipinski definition) is 3. The molecule has 52 valence electrons. The van der Waals surface area contributed by atoms with Crippen molar-refractivity contribution in [3.63, 3.8) is 0 Å². The summed E-state index contributed by atoms with van der Waals surface area (Å²) in [5.74, 6) is -0.785. The molecule has 0 aliphatic heterocycles. The van der Waals surface area contributed by atoms with E-state index in [-0.39, 0.29) is 12.3 Å². The van der Waals surface area contributed by atoms with Gasteiger partial charge in [-0.2, -0.15) is 0 Å². The van der Waals surface area contributed by atoms with Crippen LogP contribution in [0.25, 0.3) is 0 Å². The van der Waals surface area contributed by atoms with Crippen molar-refractivity contribution in [2.45, 2.75) is 6.42 Å². The number of nitrogens with two attached hydrogens (primary N) is 1. The Labute approximate surface area is 52.9 Å². The van der Waals surface area contributed by atoms with Gasteiger partial charge in [0.25, 0.3) is 0 Å². The maximum atomic E-state index is 9.86. The molecule has 3 N–H and O–H groups in total. The zero-order valence-corrected chi connectivity index (χ0v) is 5.13. The molecule has 0 aromatic carbocycles. The molecule has 0 amide bonds. The second-order valence-corrected chi connectivity index (χ2v) is 1.41. The Kier molecular flexibility index (Phi) is 3.27. The molecule has 0 unspecified atom stereocenters. The quantitative estimate of drug-likeness (QED) is 0.525. The lowest BCUT2D eigenvalue weighted by Gasteiger charge is -1.94. The average Bonchev–Trinajstić information content (AvgIpc) is 1.83. The Bertz CT molecular complexity index is 130. The summed E-state index contributed by atoms with van der Waals surface area (Å²) in [4.78, 5) is 9.86. The molecule has 0 bridgehead atoms. The molecule has 0 spiro atoms. The lowest BCUT2D eigenvalue weighted by atomic mass is 10.4. The van der Waals surface area contributed by atoms with Gasteiger partial charge in [-0.15, -0.1) is 0 Å². The number of carboxylic acid groups (broad SMARTS) is 1. The molecule has 0 aliphatic rings. The zero-order valence-electron chi connectivity index (χ0n) is 5.13. The van der Waals surface area contributed by atoms with Crippen molar-refractivity contribution in [3.05, 3.63) is 12.0 Å². The smallest absolute Gasteiger partial charge is 0.307 e. The molecule has 0 rings (SSSR count). The minimum atomic E-state index is -0.921. The van der Waals surface area contributed by atoms with E-state index in [1.54, 1.807) is 0 Å². The van der Waals surface area contributed by atoms with Crippen LogP contribution in [-0.4, -0.2) is 18.2 Å². The van der Waals surface area contributed by atoms with Crippen LogP contribution in [0.4, 0.5) is 0 Å². The number of aliphatic carboxylic acids is 1. The van der Waals surface area contributed by atoms with Gasteiger partial charge < -0.3 is 15.6 Å². The molecule has 0 aromatic heterocycles. The highest BCUT2D eigenvalue weighted by Gasteiger charge is 1.91. The summed E-state index contributed by atoms with van der Waals surface area (Å²) in [5.41, 5.74) is 5.10. The molecule has 0 atom stereocenters. The van der Waals surface area contributed by atoms with Crippen molar-refractivity contribution < 1.29 is 14.6 Å². The van der Waals surface area contributed by atoms with Gasteiger partial charge in [-0.05, 0) is 6.08 Å². The van der Waals surface area contributed by atoms with Gasteiger partial charge in [-0.1, -0.05) is 0 Å². The second kappa shape index (κ2) is 3.77. The minimum Gasteiger partial charge on any atom is -0.483 e. The van der Waals surface area contributed by atoms with Crippen molar-refractivity contribution in [1.82, 2.24) is 0 Å². The SMILES string of the molecule is COC(N)=CCC(=O)O. The van der Waals surface area contributed by atoms with Crippen LogP contribution in [0.15, 0.2) is 12.0 Å². The Balaban J connectivity index is 3.56. The van der Waals surface area contributed by atoms with Crippen LogP contribution < -0.4 is 5.73 Å². The van der Waals surface area contributed by atoms with Crippen molar-refractivity contribution >= 4 is 5.97 Å². The Morgan fingerprint density at radius 2 is 2.44 bits per heavy atom. The Hall–Kier alpha value is -1.19. The van der Waals surface area contributed by atoms with Crippen LogP contribution in [0.1, 0.15) is 6.42 Å². The molecule has 0 heterocycles. The predicted octanol–water partition coefficient (Wildman–Crippen LogP) is -0.0924. The summed E-state index contributed by atoms with van der Waals surface area (Å²) < 4.78 is 4.48. The van der Waals surface area contributed by atoms with Gasteiger partial charge in [0.15, 0.2) is 5.88 Å². The topological polar surface area (TPSA) is 72.5 Å². The first-order chi connectivity index (χ1) is 4.16.